The lowest BCUT2D eigenvalue weighted by atomic mass is 9.89. The number of hydrogen-bond acceptors (Lipinski definition) is 3. The Labute approximate surface area is 59.9 Å². The van der Waals surface area contributed by atoms with E-state index in [-0.39, 0.29) is 5.92 Å². The Hall–Kier alpha value is -0.590. The van der Waals surface area contributed by atoms with E-state index in [1.807, 2.05) is 6.07 Å². The van der Waals surface area contributed by atoms with Gasteiger partial charge in [-0.2, -0.15) is 5.26 Å². The molecule has 0 spiro atoms. The molecule has 0 radical (unpaired) electrons. The van der Waals surface area contributed by atoms with Crippen molar-refractivity contribution in [2.24, 2.45) is 5.92 Å². The van der Waals surface area contributed by atoms with Crippen molar-refractivity contribution in [1.82, 2.24) is 4.90 Å². The summed E-state index contributed by atoms with van der Waals surface area (Å²) in [6.45, 7) is 2.55. The van der Waals surface area contributed by atoms with Crippen LogP contribution in [-0.4, -0.2) is 35.2 Å². The van der Waals surface area contributed by atoms with E-state index in [1.54, 1.807) is 0 Å². The summed E-state index contributed by atoms with van der Waals surface area (Å²) in [7, 11) is 0. The van der Waals surface area contributed by atoms with Crippen LogP contribution in [0.15, 0.2) is 0 Å². The minimum absolute atomic E-state index is 0.220. The molecule has 2 rings (SSSR count). The molecule has 54 valence electrons. The van der Waals surface area contributed by atoms with Crippen molar-refractivity contribution < 1.29 is 5.11 Å². The van der Waals surface area contributed by atoms with Gasteiger partial charge in [-0.1, -0.05) is 0 Å². The largest absolute Gasteiger partial charge is 0.374 e. The van der Waals surface area contributed by atoms with E-state index < -0.39 is 5.60 Å². The molecule has 2 aliphatic rings. The fourth-order valence-electron chi connectivity index (χ4n) is 1.96. The molecule has 3 nitrogen and oxygen atoms in total. The van der Waals surface area contributed by atoms with Crippen LogP contribution in [0.4, 0.5) is 0 Å². The molecule has 0 aromatic rings. The van der Waals surface area contributed by atoms with Crippen LogP contribution in [0.3, 0.4) is 0 Å². The van der Waals surface area contributed by atoms with Gasteiger partial charge in [0, 0.05) is 19.0 Å². The van der Waals surface area contributed by atoms with Crippen molar-refractivity contribution >= 4 is 0 Å². The second kappa shape index (κ2) is 1.71. The first kappa shape index (κ1) is 6.14. The normalized spacial score (nSPS) is 51.2. The highest BCUT2D eigenvalue weighted by Gasteiger charge is 2.49. The standard InChI is InChI=1S/C7H10N2O/c8-4-7(10)5-9-2-1-6(7)3-9/h6,10H,1-3,5H2. The van der Waals surface area contributed by atoms with Crippen molar-refractivity contribution in [1.29, 1.82) is 5.26 Å². The maximum Gasteiger partial charge on any atom is 0.167 e. The van der Waals surface area contributed by atoms with Crippen molar-refractivity contribution in [3.8, 4) is 6.07 Å². The van der Waals surface area contributed by atoms with E-state index in [2.05, 4.69) is 4.90 Å². The lowest BCUT2D eigenvalue weighted by Gasteiger charge is -2.24. The SMILES string of the molecule is N#CC1(O)CN2CCC1C2. The third-order valence-corrected chi connectivity index (χ3v) is 2.61. The zero-order chi connectivity index (χ0) is 7.19. The summed E-state index contributed by atoms with van der Waals surface area (Å²) in [6, 6.07) is 1.99. The first-order chi connectivity index (χ1) is 4.74. The molecule has 10 heavy (non-hydrogen) atoms. The zero-order valence-electron chi connectivity index (χ0n) is 5.75. The number of nitrogens with zero attached hydrogens (tertiary/aromatic N) is 2. The topological polar surface area (TPSA) is 47.3 Å². The first-order valence-corrected chi connectivity index (χ1v) is 3.60. The monoisotopic (exact) mass is 138 g/mol. The van der Waals surface area contributed by atoms with Crippen molar-refractivity contribution in [3.05, 3.63) is 0 Å². The summed E-state index contributed by atoms with van der Waals surface area (Å²) in [4.78, 5) is 2.15. The van der Waals surface area contributed by atoms with Crippen LogP contribution >= 0.6 is 0 Å². The molecular weight excluding hydrogens is 128 g/mol. The summed E-state index contributed by atoms with van der Waals surface area (Å²) in [5, 5.41) is 18.2. The number of aliphatic hydroxyl groups is 1. The first-order valence-electron chi connectivity index (χ1n) is 3.60. The second-order valence-corrected chi connectivity index (χ2v) is 3.26. The molecule has 1 N–H and O–H groups in total. The van der Waals surface area contributed by atoms with Gasteiger partial charge in [-0.3, -0.25) is 4.90 Å². The number of rotatable bonds is 0. The molecule has 0 saturated carbocycles. The predicted molar refractivity (Wildman–Crippen MR) is 35.1 cm³/mol. The van der Waals surface area contributed by atoms with Crippen molar-refractivity contribution in [2.45, 2.75) is 12.0 Å². The third-order valence-electron chi connectivity index (χ3n) is 2.61. The van der Waals surface area contributed by atoms with Gasteiger partial charge in [-0.25, -0.2) is 0 Å². The Morgan fingerprint density at radius 3 is 2.80 bits per heavy atom. The average Bonchev–Trinajstić information content (AvgIpc) is 2.46. The molecule has 3 atom stereocenters. The Bertz CT molecular complexity index is 198. The average molecular weight is 138 g/mol. The smallest absolute Gasteiger partial charge is 0.167 e. The van der Waals surface area contributed by atoms with Gasteiger partial charge in [0.25, 0.3) is 0 Å². The van der Waals surface area contributed by atoms with E-state index in [9.17, 15) is 5.11 Å². The van der Waals surface area contributed by atoms with Gasteiger partial charge in [0.15, 0.2) is 5.60 Å². The molecule has 2 heterocycles. The summed E-state index contributed by atoms with van der Waals surface area (Å²) in [6.07, 6.45) is 0.990. The molecule has 2 saturated heterocycles. The fraction of sp³-hybridized carbons (Fsp3) is 0.857. The van der Waals surface area contributed by atoms with Crippen LogP contribution < -0.4 is 0 Å². The highest BCUT2D eigenvalue weighted by molar-refractivity contribution is 5.14. The van der Waals surface area contributed by atoms with Gasteiger partial charge in [-0.15, -0.1) is 0 Å². The van der Waals surface area contributed by atoms with Crippen LogP contribution in [0.5, 0.6) is 0 Å². The molecule has 2 bridgehead atoms. The van der Waals surface area contributed by atoms with Crippen LogP contribution in [0.25, 0.3) is 0 Å². The van der Waals surface area contributed by atoms with Crippen molar-refractivity contribution in [2.75, 3.05) is 19.6 Å². The second-order valence-electron chi connectivity index (χ2n) is 3.26. The molecular formula is C7H10N2O. The van der Waals surface area contributed by atoms with E-state index in [0.29, 0.717) is 6.54 Å². The van der Waals surface area contributed by atoms with Gasteiger partial charge < -0.3 is 5.11 Å². The summed E-state index contributed by atoms with van der Waals surface area (Å²) < 4.78 is 0. The van der Waals surface area contributed by atoms with Gasteiger partial charge in [0.2, 0.25) is 0 Å². The van der Waals surface area contributed by atoms with E-state index in [0.717, 1.165) is 19.5 Å². The Kier molecular flexibility index (Phi) is 1.05. The number of nitriles is 1. The van der Waals surface area contributed by atoms with Gasteiger partial charge in [-0.05, 0) is 13.0 Å². The van der Waals surface area contributed by atoms with Crippen molar-refractivity contribution in [3.63, 3.8) is 0 Å². The summed E-state index contributed by atoms with van der Waals surface area (Å²) >= 11 is 0. The Balaban J connectivity index is 2.24. The van der Waals surface area contributed by atoms with E-state index in [4.69, 9.17) is 5.26 Å². The number of hydrogen-bond donors (Lipinski definition) is 1. The highest BCUT2D eigenvalue weighted by atomic mass is 16.3. The quantitative estimate of drug-likeness (QED) is 0.462. The lowest BCUT2D eigenvalue weighted by molar-refractivity contribution is 0.0485. The van der Waals surface area contributed by atoms with Gasteiger partial charge >= 0.3 is 0 Å². The fourth-order valence-corrected chi connectivity index (χ4v) is 1.96. The summed E-state index contributed by atoms with van der Waals surface area (Å²) in [5.41, 5.74) is -1.02. The van der Waals surface area contributed by atoms with E-state index in [1.165, 1.54) is 0 Å². The van der Waals surface area contributed by atoms with Crippen LogP contribution in [-0.2, 0) is 0 Å². The minimum Gasteiger partial charge on any atom is -0.374 e. The Morgan fingerprint density at radius 2 is 2.50 bits per heavy atom. The molecule has 0 aliphatic carbocycles. The minimum atomic E-state index is -1.02. The molecule has 0 amide bonds. The summed E-state index contributed by atoms with van der Waals surface area (Å²) in [5.74, 6) is 0.220. The van der Waals surface area contributed by atoms with Crippen LogP contribution in [0.1, 0.15) is 6.42 Å². The Morgan fingerprint density at radius 1 is 1.70 bits per heavy atom. The molecule has 0 aromatic carbocycles. The highest BCUT2D eigenvalue weighted by Crippen LogP contribution is 2.35. The van der Waals surface area contributed by atoms with Gasteiger partial charge in [0.05, 0.1) is 6.07 Å². The maximum atomic E-state index is 9.59. The molecule has 0 aromatic heterocycles. The third kappa shape index (κ3) is 0.606. The van der Waals surface area contributed by atoms with Crippen LogP contribution in [0, 0.1) is 17.2 Å². The van der Waals surface area contributed by atoms with Crippen LogP contribution in [0.2, 0.25) is 0 Å². The molecule has 3 unspecified atom stereocenters. The number of fused-ring (bicyclic) bond motifs is 2. The lowest BCUT2D eigenvalue weighted by Crippen LogP contribution is -2.40. The molecule has 2 aliphatic heterocycles. The number of piperidine rings is 1. The van der Waals surface area contributed by atoms with Gasteiger partial charge in [0.1, 0.15) is 0 Å². The maximum absolute atomic E-state index is 9.59. The molecule has 2 fully saturated rings. The molecule has 3 heteroatoms. The van der Waals surface area contributed by atoms with E-state index >= 15 is 0 Å². The predicted octanol–water partition coefficient (Wildman–Crippen LogP) is -0.423. The zero-order valence-corrected chi connectivity index (χ0v) is 5.75.